The van der Waals surface area contributed by atoms with Gasteiger partial charge in [-0.2, -0.15) is 5.06 Å². The Balaban J connectivity index is 0.00000225. The second-order valence-electron chi connectivity index (χ2n) is 3.14. The second-order valence-corrected chi connectivity index (χ2v) is 3.14. The SMILES string of the molecule is CC(=O)ON(C)C(=O)c1ccc[n+](C)c1.[I-]. The maximum Gasteiger partial charge on any atom is 0.329 e. The average Bonchev–Trinajstić information content (AvgIpc) is 2.15. The van der Waals surface area contributed by atoms with Gasteiger partial charge in [0.25, 0.3) is 5.91 Å². The molecular weight excluding hydrogens is 323 g/mol. The largest absolute Gasteiger partial charge is 1.00 e. The Morgan fingerprint density at radius 1 is 1.44 bits per heavy atom. The number of aromatic nitrogens is 1. The third kappa shape index (κ3) is 4.13. The van der Waals surface area contributed by atoms with Gasteiger partial charge in [0, 0.05) is 20.0 Å². The van der Waals surface area contributed by atoms with Crippen molar-refractivity contribution in [3.8, 4) is 0 Å². The van der Waals surface area contributed by atoms with Crippen LogP contribution in [-0.4, -0.2) is 24.0 Å². The Hall–Kier alpha value is -1.18. The lowest BCUT2D eigenvalue weighted by Crippen LogP contribution is -3.00. The lowest BCUT2D eigenvalue weighted by atomic mass is 10.2. The number of halogens is 1. The smallest absolute Gasteiger partial charge is 0.329 e. The molecule has 0 aliphatic heterocycles. The van der Waals surface area contributed by atoms with Crippen LogP contribution in [0.25, 0.3) is 0 Å². The zero-order valence-electron chi connectivity index (χ0n) is 9.31. The first-order valence-electron chi connectivity index (χ1n) is 4.42. The second kappa shape index (κ2) is 6.41. The maximum absolute atomic E-state index is 11.7. The van der Waals surface area contributed by atoms with Crippen LogP contribution in [0, 0.1) is 0 Å². The quantitative estimate of drug-likeness (QED) is 0.313. The Morgan fingerprint density at radius 2 is 2.06 bits per heavy atom. The highest BCUT2D eigenvalue weighted by atomic mass is 127. The van der Waals surface area contributed by atoms with Crippen molar-refractivity contribution in [2.75, 3.05) is 7.05 Å². The van der Waals surface area contributed by atoms with E-state index in [4.69, 9.17) is 0 Å². The first-order valence-corrected chi connectivity index (χ1v) is 4.42. The van der Waals surface area contributed by atoms with Crippen LogP contribution in [0.4, 0.5) is 0 Å². The summed E-state index contributed by atoms with van der Waals surface area (Å²) in [6.07, 6.45) is 3.46. The van der Waals surface area contributed by atoms with Crippen LogP contribution in [0.2, 0.25) is 0 Å². The summed E-state index contributed by atoms with van der Waals surface area (Å²) in [5, 5.41) is 0.914. The highest BCUT2D eigenvalue weighted by Gasteiger charge is 2.16. The lowest BCUT2D eigenvalue weighted by molar-refractivity contribution is -0.671. The van der Waals surface area contributed by atoms with E-state index in [0.717, 1.165) is 5.06 Å². The minimum absolute atomic E-state index is 0. The number of pyridine rings is 1. The van der Waals surface area contributed by atoms with E-state index in [0.29, 0.717) is 5.56 Å². The molecule has 6 heteroatoms. The van der Waals surface area contributed by atoms with Gasteiger partial charge in [-0.15, -0.1) is 0 Å². The molecule has 0 fully saturated rings. The number of hydrogen-bond acceptors (Lipinski definition) is 3. The summed E-state index contributed by atoms with van der Waals surface area (Å²) in [6.45, 7) is 1.24. The van der Waals surface area contributed by atoms with E-state index in [1.165, 1.54) is 14.0 Å². The summed E-state index contributed by atoms with van der Waals surface area (Å²) >= 11 is 0. The molecule has 0 spiro atoms. The van der Waals surface area contributed by atoms with Gasteiger partial charge in [-0.05, 0) is 6.07 Å². The number of aryl methyl sites for hydroxylation is 1. The number of carbonyl (C=O) groups excluding carboxylic acids is 2. The fourth-order valence-corrected chi connectivity index (χ4v) is 1.13. The summed E-state index contributed by atoms with van der Waals surface area (Å²) in [5.41, 5.74) is 0.462. The van der Waals surface area contributed by atoms with Gasteiger partial charge in [0.2, 0.25) is 0 Å². The molecule has 0 saturated heterocycles. The van der Waals surface area contributed by atoms with Crippen molar-refractivity contribution in [2.45, 2.75) is 6.92 Å². The molecule has 1 heterocycles. The molecule has 1 aromatic rings. The zero-order chi connectivity index (χ0) is 11.4. The molecule has 5 nitrogen and oxygen atoms in total. The third-order valence-electron chi connectivity index (χ3n) is 1.74. The molecule has 0 aliphatic rings. The minimum Gasteiger partial charge on any atom is -1.00 e. The summed E-state index contributed by atoms with van der Waals surface area (Å²) in [7, 11) is 3.21. The van der Waals surface area contributed by atoms with E-state index in [2.05, 4.69) is 4.84 Å². The molecule has 0 N–H and O–H groups in total. The van der Waals surface area contributed by atoms with Gasteiger partial charge in [-0.1, -0.05) is 0 Å². The molecule has 16 heavy (non-hydrogen) atoms. The van der Waals surface area contributed by atoms with Crippen molar-refractivity contribution >= 4 is 11.9 Å². The molecule has 1 aromatic heterocycles. The summed E-state index contributed by atoms with van der Waals surface area (Å²) in [5.74, 6) is -0.882. The molecule has 0 bridgehead atoms. The first-order chi connectivity index (χ1) is 7.00. The highest BCUT2D eigenvalue weighted by Crippen LogP contribution is 2.00. The zero-order valence-corrected chi connectivity index (χ0v) is 11.5. The Labute approximate surface area is 111 Å². The number of carbonyl (C=O) groups is 2. The van der Waals surface area contributed by atoms with Crippen LogP contribution >= 0.6 is 0 Å². The Kier molecular flexibility index (Phi) is 5.94. The van der Waals surface area contributed by atoms with Crippen molar-refractivity contribution in [1.29, 1.82) is 0 Å². The van der Waals surface area contributed by atoms with Crippen LogP contribution in [0.15, 0.2) is 24.5 Å². The van der Waals surface area contributed by atoms with E-state index in [9.17, 15) is 9.59 Å². The van der Waals surface area contributed by atoms with Gasteiger partial charge in [0.05, 0.1) is 0 Å². The monoisotopic (exact) mass is 336 g/mol. The van der Waals surface area contributed by atoms with Crippen LogP contribution in [0.5, 0.6) is 0 Å². The number of hydrogen-bond donors (Lipinski definition) is 0. The molecule has 0 radical (unpaired) electrons. The summed E-state index contributed by atoms with van der Waals surface area (Å²) in [4.78, 5) is 26.9. The van der Waals surface area contributed by atoms with E-state index in [1.54, 1.807) is 22.9 Å². The van der Waals surface area contributed by atoms with Gasteiger partial charge >= 0.3 is 5.97 Å². The molecule has 1 amide bonds. The van der Waals surface area contributed by atoms with E-state index >= 15 is 0 Å². The maximum atomic E-state index is 11.7. The van der Waals surface area contributed by atoms with E-state index in [-0.39, 0.29) is 29.9 Å². The van der Waals surface area contributed by atoms with Crippen LogP contribution in [0.1, 0.15) is 17.3 Å². The number of rotatable bonds is 1. The lowest BCUT2D eigenvalue weighted by Gasteiger charge is -2.13. The van der Waals surface area contributed by atoms with Crippen molar-refractivity contribution in [3.63, 3.8) is 0 Å². The van der Waals surface area contributed by atoms with Gasteiger partial charge in [-0.25, -0.2) is 4.57 Å². The van der Waals surface area contributed by atoms with E-state index < -0.39 is 5.97 Å². The van der Waals surface area contributed by atoms with Crippen LogP contribution < -0.4 is 28.5 Å². The van der Waals surface area contributed by atoms with Gasteiger partial charge < -0.3 is 28.8 Å². The molecular formula is C10H13IN2O3. The summed E-state index contributed by atoms with van der Waals surface area (Å²) in [6, 6.07) is 3.40. The average molecular weight is 336 g/mol. The number of nitrogens with zero attached hydrogens (tertiary/aromatic N) is 2. The first kappa shape index (κ1) is 14.8. The Bertz CT molecular complexity index is 395. The molecule has 1 rings (SSSR count). The molecule has 88 valence electrons. The van der Waals surface area contributed by atoms with Crippen molar-refractivity contribution in [2.24, 2.45) is 7.05 Å². The predicted octanol–water partition coefficient (Wildman–Crippen LogP) is -2.93. The molecule has 0 atom stereocenters. The Morgan fingerprint density at radius 3 is 2.56 bits per heavy atom. The number of amides is 1. The standard InChI is InChI=1S/C10H13N2O3.HI/c1-8(13)15-12(3)10(14)9-5-4-6-11(2)7-9;/h4-7H,1-3H3;1H/q+1;/p-1. The van der Waals surface area contributed by atoms with E-state index in [1.807, 2.05) is 13.2 Å². The predicted molar refractivity (Wildman–Crippen MR) is 51.5 cm³/mol. The summed E-state index contributed by atoms with van der Waals surface area (Å²) < 4.78 is 1.74. The van der Waals surface area contributed by atoms with Gasteiger partial charge in [-0.3, -0.25) is 9.59 Å². The molecule has 0 aliphatic carbocycles. The molecule has 0 saturated carbocycles. The third-order valence-corrected chi connectivity index (χ3v) is 1.74. The van der Waals surface area contributed by atoms with Crippen LogP contribution in [0.3, 0.4) is 0 Å². The van der Waals surface area contributed by atoms with Crippen molar-refractivity contribution < 1.29 is 43.0 Å². The fourth-order valence-electron chi connectivity index (χ4n) is 1.13. The minimum atomic E-state index is -0.522. The normalized spacial score (nSPS) is 8.94. The fraction of sp³-hybridized carbons (Fsp3) is 0.300. The topological polar surface area (TPSA) is 50.5 Å². The van der Waals surface area contributed by atoms with Crippen LogP contribution in [-0.2, 0) is 16.7 Å². The molecule has 0 aromatic carbocycles. The van der Waals surface area contributed by atoms with Crippen molar-refractivity contribution in [3.05, 3.63) is 30.1 Å². The highest BCUT2D eigenvalue weighted by molar-refractivity contribution is 5.93. The van der Waals surface area contributed by atoms with Gasteiger partial charge in [0.15, 0.2) is 12.4 Å². The van der Waals surface area contributed by atoms with Gasteiger partial charge in [0.1, 0.15) is 12.6 Å². The molecule has 0 unspecified atom stereocenters. The van der Waals surface area contributed by atoms with Crippen molar-refractivity contribution in [1.82, 2.24) is 5.06 Å². The number of hydroxylamine groups is 2.